The molecule has 56 valence electrons. The van der Waals surface area contributed by atoms with Crippen LogP contribution in [0.5, 0.6) is 0 Å². The van der Waals surface area contributed by atoms with Crippen LogP contribution in [0.15, 0.2) is 0 Å². The molecule has 2 heteroatoms. The third kappa shape index (κ3) is 2.33. The third-order valence-electron chi connectivity index (χ3n) is 1.85. The van der Waals surface area contributed by atoms with Crippen LogP contribution >= 0.6 is 0 Å². The number of aliphatic hydroxyl groups is 1. The Morgan fingerprint density at radius 3 is 2.11 bits per heavy atom. The van der Waals surface area contributed by atoms with Crippen molar-refractivity contribution in [3.8, 4) is 0 Å². The van der Waals surface area contributed by atoms with Crippen LogP contribution in [-0.4, -0.2) is 17.8 Å². The highest BCUT2D eigenvalue weighted by Gasteiger charge is 2.23. The second kappa shape index (κ2) is 3.18. The molecule has 0 aromatic rings. The number of hydrogen-bond donors (Lipinski definition) is 2. The predicted octanol–water partition coefficient (Wildman–Crippen LogP) is 0.742. The van der Waals surface area contributed by atoms with Gasteiger partial charge >= 0.3 is 0 Å². The van der Waals surface area contributed by atoms with Crippen molar-refractivity contribution >= 4 is 0 Å². The van der Waals surface area contributed by atoms with Gasteiger partial charge < -0.3 is 10.8 Å². The maximum atomic E-state index is 8.82. The van der Waals surface area contributed by atoms with E-state index in [0.29, 0.717) is 0 Å². The van der Waals surface area contributed by atoms with Gasteiger partial charge in [-0.1, -0.05) is 20.8 Å². The fourth-order valence-electron chi connectivity index (χ4n) is 0.670. The van der Waals surface area contributed by atoms with Gasteiger partial charge in [-0.3, -0.25) is 0 Å². The quantitative estimate of drug-likeness (QED) is 0.593. The Kier molecular flexibility index (Phi) is 3.15. The summed E-state index contributed by atoms with van der Waals surface area (Å²) >= 11 is 0. The SMILES string of the molecule is CCC(N)C(C)(C)CO. The minimum atomic E-state index is -0.116. The van der Waals surface area contributed by atoms with Crippen LogP contribution in [0.3, 0.4) is 0 Å². The molecule has 3 N–H and O–H groups in total. The average Bonchev–Trinajstić information content (AvgIpc) is 1.86. The Morgan fingerprint density at radius 1 is 1.56 bits per heavy atom. The second-order valence-corrected chi connectivity index (χ2v) is 3.16. The Morgan fingerprint density at radius 2 is 2.00 bits per heavy atom. The van der Waals surface area contributed by atoms with Gasteiger partial charge in [-0.25, -0.2) is 0 Å². The molecule has 0 fully saturated rings. The van der Waals surface area contributed by atoms with E-state index in [1.165, 1.54) is 0 Å². The normalized spacial score (nSPS) is 15.7. The first kappa shape index (κ1) is 8.92. The molecule has 0 aliphatic rings. The standard InChI is InChI=1S/C7H17NO/c1-4-6(8)7(2,3)5-9/h6,9H,4-5,8H2,1-3H3. The zero-order chi connectivity index (χ0) is 7.49. The molecule has 2 nitrogen and oxygen atoms in total. The fourth-order valence-corrected chi connectivity index (χ4v) is 0.670. The van der Waals surface area contributed by atoms with Crippen LogP contribution in [0.1, 0.15) is 27.2 Å². The summed E-state index contributed by atoms with van der Waals surface area (Å²) in [6.07, 6.45) is 0.924. The van der Waals surface area contributed by atoms with Crippen molar-refractivity contribution in [2.24, 2.45) is 11.1 Å². The van der Waals surface area contributed by atoms with E-state index in [-0.39, 0.29) is 18.1 Å². The maximum absolute atomic E-state index is 8.82. The molecule has 0 radical (unpaired) electrons. The summed E-state index contributed by atoms with van der Waals surface area (Å²) < 4.78 is 0. The van der Waals surface area contributed by atoms with E-state index in [2.05, 4.69) is 0 Å². The van der Waals surface area contributed by atoms with Gasteiger partial charge in [0.2, 0.25) is 0 Å². The van der Waals surface area contributed by atoms with Crippen LogP contribution in [0.2, 0.25) is 0 Å². The first-order valence-electron chi connectivity index (χ1n) is 3.41. The van der Waals surface area contributed by atoms with Crippen LogP contribution in [0, 0.1) is 5.41 Å². The summed E-state index contributed by atoms with van der Waals surface area (Å²) in [5, 5.41) is 8.82. The first-order valence-corrected chi connectivity index (χ1v) is 3.41. The first-order chi connectivity index (χ1) is 4.04. The largest absolute Gasteiger partial charge is 0.396 e. The summed E-state index contributed by atoms with van der Waals surface area (Å²) in [5.74, 6) is 0. The molecule has 0 bridgehead atoms. The topological polar surface area (TPSA) is 46.2 Å². The number of rotatable bonds is 3. The molecule has 0 spiro atoms. The van der Waals surface area contributed by atoms with E-state index in [1.54, 1.807) is 0 Å². The van der Waals surface area contributed by atoms with Gasteiger partial charge in [-0.2, -0.15) is 0 Å². The fraction of sp³-hybridized carbons (Fsp3) is 1.00. The number of aliphatic hydroxyl groups excluding tert-OH is 1. The van der Waals surface area contributed by atoms with E-state index in [9.17, 15) is 0 Å². The van der Waals surface area contributed by atoms with Crippen LogP contribution in [0.4, 0.5) is 0 Å². The van der Waals surface area contributed by atoms with Gasteiger partial charge in [0.25, 0.3) is 0 Å². The molecule has 0 saturated heterocycles. The van der Waals surface area contributed by atoms with Gasteiger partial charge in [0.15, 0.2) is 0 Å². The second-order valence-electron chi connectivity index (χ2n) is 3.16. The van der Waals surface area contributed by atoms with Crippen molar-refractivity contribution in [2.75, 3.05) is 6.61 Å². The summed E-state index contributed by atoms with van der Waals surface area (Å²) in [4.78, 5) is 0. The van der Waals surface area contributed by atoms with Crippen molar-refractivity contribution in [3.63, 3.8) is 0 Å². The van der Waals surface area contributed by atoms with Gasteiger partial charge in [0.05, 0.1) is 0 Å². The van der Waals surface area contributed by atoms with Gasteiger partial charge in [0, 0.05) is 18.1 Å². The van der Waals surface area contributed by atoms with Crippen molar-refractivity contribution in [1.82, 2.24) is 0 Å². The van der Waals surface area contributed by atoms with Crippen LogP contribution in [-0.2, 0) is 0 Å². The molecule has 0 amide bonds. The van der Waals surface area contributed by atoms with Gasteiger partial charge in [0.1, 0.15) is 0 Å². The summed E-state index contributed by atoms with van der Waals surface area (Å²) in [5.41, 5.74) is 5.58. The zero-order valence-corrected chi connectivity index (χ0v) is 6.52. The van der Waals surface area contributed by atoms with Crippen LogP contribution < -0.4 is 5.73 Å². The smallest absolute Gasteiger partial charge is 0.0496 e. The van der Waals surface area contributed by atoms with Gasteiger partial charge in [-0.15, -0.1) is 0 Å². The minimum Gasteiger partial charge on any atom is -0.396 e. The molecule has 1 unspecified atom stereocenters. The highest BCUT2D eigenvalue weighted by Crippen LogP contribution is 2.19. The van der Waals surface area contributed by atoms with E-state index in [4.69, 9.17) is 10.8 Å². The molecule has 0 aromatic carbocycles. The Balaban J connectivity index is 3.80. The minimum absolute atomic E-state index is 0.113. The van der Waals surface area contributed by atoms with Crippen molar-refractivity contribution in [3.05, 3.63) is 0 Å². The zero-order valence-electron chi connectivity index (χ0n) is 6.52. The summed E-state index contributed by atoms with van der Waals surface area (Å²) in [6.45, 7) is 6.15. The molecule has 1 atom stereocenters. The highest BCUT2D eigenvalue weighted by atomic mass is 16.3. The van der Waals surface area contributed by atoms with E-state index < -0.39 is 0 Å². The van der Waals surface area contributed by atoms with E-state index >= 15 is 0 Å². The van der Waals surface area contributed by atoms with Crippen molar-refractivity contribution in [2.45, 2.75) is 33.2 Å². The lowest BCUT2D eigenvalue weighted by Crippen LogP contribution is -2.39. The average molecular weight is 131 g/mol. The maximum Gasteiger partial charge on any atom is 0.0496 e. The van der Waals surface area contributed by atoms with E-state index in [0.717, 1.165) is 6.42 Å². The number of nitrogens with two attached hydrogens (primary N) is 1. The van der Waals surface area contributed by atoms with Crippen molar-refractivity contribution in [1.29, 1.82) is 0 Å². The lowest BCUT2D eigenvalue weighted by Gasteiger charge is -2.28. The van der Waals surface area contributed by atoms with Crippen molar-refractivity contribution < 1.29 is 5.11 Å². The highest BCUT2D eigenvalue weighted by molar-refractivity contribution is 4.78. The molecule has 0 heterocycles. The number of hydrogen-bond acceptors (Lipinski definition) is 2. The lowest BCUT2D eigenvalue weighted by atomic mass is 9.85. The molecule has 9 heavy (non-hydrogen) atoms. The predicted molar refractivity (Wildman–Crippen MR) is 39.1 cm³/mol. The Bertz CT molecular complexity index is 81.0. The van der Waals surface area contributed by atoms with Gasteiger partial charge in [-0.05, 0) is 6.42 Å². The molecule has 0 rings (SSSR count). The third-order valence-corrected chi connectivity index (χ3v) is 1.85. The molecule has 0 saturated carbocycles. The summed E-state index contributed by atoms with van der Waals surface area (Å²) in [7, 11) is 0. The molecule has 0 aliphatic heterocycles. The monoisotopic (exact) mass is 131 g/mol. The summed E-state index contributed by atoms with van der Waals surface area (Å²) in [6, 6.07) is 0.113. The lowest BCUT2D eigenvalue weighted by molar-refractivity contribution is 0.130. The molecular weight excluding hydrogens is 114 g/mol. The molecule has 0 aliphatic carbocycles. The van der Waals surface area contributed by atoms with Crippen LogP contribution in [0.25, 0.3) is 0 Å². The molecule has 0 aromatic heterocycles. The Hall–Kier alpha value is -0.0800. The Labute approximate surface area is 57.1 Å². The molecular formula is C7H17NO. The van der Waals surface area contributed by atoms with E-state index in [1.807, 2.05) is 20.8 Å².